The molecule has 1 unspecified atom stereocenters. The lowest BCUT2D eigenvalue weighted by atomic mass is 10.0. The standard InChI is InChI=1S/C16H25N3O/c1-3-17-16(20)13-8-7-12(2)15(10-13)19-11-14-6-4-5-9-18-14/h7-8,10,14,18-19H,3-6,9,11H2,1-2H3,(H,17,20). The van der Waals surface area contributed by atoms with Crippen molar-refractivity contribution in [3.63, 3.8) is 0 Å². The van der Waals surface area contributed by atoms with Gasteiger partial charge in [-0.05, 0) is 50.9 Å². The van der Waals surface area contributed by atoms with E-state index in [1.165, 1.54) is 24.8 Å². The third-order valence-corrected chi connectivity index (χ3v) is 3.79. The molecule has 1 fully saturated rings. The molecule has 3 N–H and O–H groups in total. The average Bonchev–Trinajstić information content (AvgIpc) is 2.47. The number of hydrogen-bond donors (Lipinski definition) is 3. The summed E-state index contributed by atoms with van der Waals surface area (Å²) >= 11 is 0. The first-order valence-electron chi connectivity index (χ1n) is 7.57. The highest BCUT2D eigenvalue weighted by Gasteiger charge is 2.13. The van der Waals surface area contributed by atoms with Crippen molar-refractivity contribution in [2.45, 2.75) is 39.2 Å². The van der Waals surface area contributed by atoms with Crippen LogP contribution in [0.2, 0.25) is 0 Å². The van der Waals surface area contributed by atoms with Crippen molar-refractivity contribution in [2.24, 2.45) is 0 Å². The summed E-state index contributed by atoms with van der Waals surface area (Å²) in [5, 5.41) is 9.84. The lowest BCUT2D eigenvalue weighted by molar-refractivity contribution is 0.0956. The molecule has 0 aromatic heterocycles. The summed E-state index contributed by atoms with van der Waals surface area (Å²) in [6.45, 7) is 6.68. The first-order chi connectivity index (χ1) is 9.70. The first-order valence-corrected chi connectivity index (χ1v) is 7.57. The number of anilines is 1. The van der Waals surface area contributed by atoms with Crippen molar-refractivity contribution in [3.05, 3.63) is 29.3 Å². The maximum atomic E-state index is 11.9. The summed E-state index contributed by atoms with van der Waals surface area (Å²) in [6.07, 6.45) is 3.81. The minimum absolute atomic E-state index is 0.00802. The van der Waals surface area contributed by atoms with Gasteiger partial charge in [0.15, 0.2) is 0 Å². The van der Waals surface area contributed by atoms with Gasteiger partial charge in [0.1, 0.15) is 0 Å². The van der Waals surface area contributed by atoms with Gasteiger partial charge in [-0.1, -0.05) is 12.5 Å². The Bertz CT molecular complexity index is 453. The molecule has 0 spiro atoms. The second-order valence-electron chi connectivity index (χ2n) is 5.42. The highest BCUT2D eigenvalue weighted by Crippen LogP contribution is 2.18. The zero-order valence-corrected chi connectivity index (χ0v) is 12.5. The minimum Gasteiger partial charge on any atom is -0.383 e. The Balaban J connectivity index is 1.98. The van der Waals surface area contributed by atoms with Crippen LogP contribution in [0.3, 0.4) is 0 Å². The predicted molar refractivity (Wildman–Crippen MR) is 83.3 cm³/mol. The molecular formula is C16H25N3O. The van der Waals surface area contributed by atoms with E-state index in [-0.39, 0.29) is 5.91 Å². The van der Waals surface area contributed by atoms with Gasteiger partial charge in [-0.25, -0.2) is 0 Å². The highest BCUT2D eigenvalue weighted by molar-refractivity contribution is 5.95. The monoisotopic (exact) mass is 275 g/mol. The number of rotatable bonds is 5. The predicted octanol–water partition coefficient (Wildman–Crippen LogP) is 2.30. The second-order valence-corrected chi connectivity index (χ2v) is 5.42. The largest absolute Gasteiger partial charge is 0.383 e. The Morgan fingerprint density at radius 2 is 2.25 bits per heavy atom. The van der Waals surface area contributed by atoms with Gasteiger partial charge < -0.3 is 16.0 Å². The lowest BCUT2D eigenvalue weighted by Crippen LogP contribution is -2.39. The van der Waals surface area contributed by atoms with Crippen molar-refractivity contribution >= 4 is 11.6 Å². The zero-order valence-electron chi connectivity index (χ0n) is 12.5. The lowest BCUT2D eigenvalue weighted by Gasteiger charge is -2.24. The molecule has 1 aromatic rings. The van der Waals surface area contributed by atoms with Gasteiger partial charge in [-0.3, -0.25) is 4.79 Å². The van der Waals surface area contributed by atoms with E-state index in [2.05, 4.69) is 22.9 Å². The molecule has 2 rings (SSSR count). The smallest absolute Gasteiger partial charge is 0.251 e. The highest BCUT2D eigenvalue weighted by atomic mass is 16.1. The number of carbonyl (C=O) groups excluding carboxylic acids is 1. The Hall–Kier alpha value is -1.55. The van der Waals surface area contributed by atoms with E-state index in [1.54, 1.807) is 0 Å². The van der Waals surface area contributed by atoms with Gasteiger partial charge in [-0.15, -0.1) is 0 Å². The van der Waals surface area contributed by atoms with Crippen LogP contribution in [0.4, 0.5) is 5.69 Å². The number of aryl methyl sites for hydroxylation is 1. The SMILES string of the molecule is CCNC(=O)c1ccc(C)c(NCC2CCCCN2)c1. The number of piperidine rings is 1. The number of hydrogen-bond acceptors (Lipinski definition) is 3. The average molecular weight is 275 g/mol. The van der Waals surface area contributed by atoms with E-state index in [9.17, 15) is 4.79 Å². The van der Waals surface area contributed by atoms with E-state index in [1.807, 2.05) is 25.1 Å². The van der Waals surface area contributed by atoms with Crippen molar-refractivity contribution in [3.8, 4) is 0 Å². The molecule has 20 heavy (non-hydrogen) atoms. The third kappa shape index (κ3) is 3.97. The Kier molecular flexibility index (Phi) is 5.41. The molecule has 0 bridgehead atoms. The molecule has 1 saturated heterocycles. The van der Waals surface area contributed by atoms with Gasteiger partial charge in [0.25, 0.3) is 5.91 Å². The maximum Gasteiger partial charge on any atom is 0.251 e. The van der Waals surface area contributed by atoms with Crippen LogP contribution in [0, 0.1) is 6.92 Å². The van der Waals surface area contributed by atoms with Crippen LogP contribution in [0.5, 0.6) is 0 Å². The van der Waals surface area contributed by atoms with Crippen LogP contribution >= 0.6 is 0 Å². The summed E-state index contributed by atoms with van der Waals surface area (Å²) in [5.74, 6) is -0.00802. The summed E-state index contributed by atoms with van der Waals surface area (Å²) in [6, 6.07) is 6.37. The zero-order chi connectivity index (χ0) is 14.4. The van der Waals surface area contributed by atoms with Gasteiger partial charge in [0.05, 0.1) is 0 Å². The van der Waals surface area contributed by atoms with Gasteiger partial charge in [-0.2, -0.15) is 0 Å². The molecule has 1 heterocycles. The van der Waals surface area contributed by atoms with Crippen molar-refractivity contribution in [1.29, 1.82) is 0 Å². The fourth-order valence-corrected chi connectivity index (χ4v) is 2.55. The molecular weight excluding hydrogens is 250 g/mol. The fraction of sp³-hybridized carbons (Fsp3) is 0.562. The van der Waals surface area contributed by atoms with Gasteiger partial charge >= 0.3 is 0 Å². The van der Waals surface area contributed by atoms with Crippen LogP contribution in [-0.2, 0) is 0 Å². The molecule has 4 nitrogen and oxygen atoms in total. The summed E-state index contributed by atoms with van der Waals surface area (Å²) in [5.41, 5.74) is 2.95. The molecule has 1 aliphatic heterocycles. The molecule has 0 aliphatic carbocycles. The topological polar surface area (TPSA) is 53.2 Å². The van der Waals surface area contributed by atoms with E-state index in [0.29, 0.717) is 12.6 Å². The van der Waals surface area contributed by atoms with Gasteiger partial charge in [0.2, 0.25) is 0 Å². The van der Waals surface area contributed by atoms with Crippen LogP contribution in [0.15, 0.2) is 18.2 Å². The minimum atomic E-state index is -0.00802. The van der Waals surface area contributed by atoms with E-state index in [4.69, 9.17) is 0 Å². The number of amides is 1. The molecule has 4 heteroatoms. The van der Waals surface area contributed by atoms with Crippen LogP contribution in [0.25, 0.3) is 0 Å². The Morgan fingerprint density at radius 3 is 2.95 bits per heavy atom. The maximum absolute atomic E-state index is 11.9. The van der Waals surface area contributed by atoms with Crippen molar-refractivity contribution < 1.29 is 4.79 Å². The van der Waals surface area contributed by atoms with Crippen molar-refractivity contribution in [1.82, 2.24) is 10.6 Å². The Morgan fingerprint density at radius 1 is 1.40 bits per heavy atom. The first kappa shape index (κ1) is 14.9. The fourth-order valence-electron chi connectivity index (χ4n) is 2.55. The molecule has 0 saturated carbocycles. The molecule has 1 aliphatic rings. The summed E-state index contributed by atoms with van der Waals surface area (Å²) in [7, 11) is 0. The molecule has 1 aromatic carbocycles. The Labute approximate surface area is 121 Å². The molecule has 0 radical (unpaired) electrons. The van der Waals surface area contributed by atoms with Crippen LogP contribution < -0.4 is 16.0 Å². The van der Waals surface area contributed by atoms with Crippen LogP contribution in [-0.4, -0.2) is 31.6 Å². The normalized spacial score (nSPS) is 18.6. The van der Waals surface area contributed by atoms with Crippen LogP contribution in [0.1, 0.15) is 42.1 Å². The van der Waals surface area contributed by atoms with Gasteiger partial charge in [0, 0.05) is 30.4 Å². The number of carbonyl (C=O) groups is 1. The number of nitrogens with one attached hydrogen (secondary N) is 3. The van der Waals surface area contributed by atoms with E-state index >= 15 is 0 Å². The molecule has 1 atom stereocenters. The molecule has 1 amide bonds. The van der Waals surface area contributed by atoms with E-state index in [0.717, 1.165) is 24.3 Å². The second kappa shape index (κ2) is 7.29. The summed E-state index contributed by atoms with van der Waals surface area (Å²) in [4.78, 5) is 11.9. The number of benzene rings is 1. The quantitative estimate of drug-likeness (QED) is 0.773. The third-order valence-electron chi connectivity index (χ3n) is 3.79. The summed E-state index contributed by atoms with van der Waals surface area (Å²) < 4.78 is 0. The van der Waals surface area contributed by atoms with E-state index < -0.39 is 0 Å². The molecule has 110 valence electrons. The van der Waals surface area contributed by atoms with Crippen molar-refractivity contribution in [2.75, 3.05) is 25.0 Å².